The zero-order chi connectivity index (χ0) is 19.1. The number of nitrogens with zero attached hydrogens (tertiary/aromatic N) is 4. The fraction of sp³-hybridized carbons (Fsp3) is 0.182. The van der Waals surface area contributed by atoms with Gasteiger partial charge in [-0.3, -0.25) is 19.4 Å². The first-order valence-electron chi connectivity index (χ1n) is 9.25. The van der Waals surface area contributed by atoms with Crippen LogP contribution < -0.4 is 5.32 Å². The number of rotatable bonds is 4. The third-order valence-electron chi connectivity index (χ3n) is 5.16. The minimum atomic E-state index is 0.0862. The second kappa shape index (κ2) is 6.65. The Labute approximate surface area is 162 Å². The molecule has 0 saturated heterocycles. The maximum atomic E-state index is 12.8. The van der Waals surface area contributed by atoms with E-state index in [-0.39, 0.29) is 12.2 Å². The minimum Gasteiger partial charge on any atom is -0.309 e. The molecule has 1 aliphatic heterocycles. The Morgan fingerprint density at radius 2 is 1.89 bits per heavy atom. The average Bonchev–Trinajstić information content (AvgIpc) is 3.35. The van der Waals surface area contributed by atoms with Gasteiger partial charge < -0.3 is 5.32 Å². The maximum absolute atomic E-state index is 12.8. The highest BCUT2D eigenvalue weighted by molar-refractivity contribution is 5.98. The van der Waals surface area contributed by atoms with Gasteiger partial charge in [0.25, 0.3) is 0 Å². The highest BCUT2D eigenvalue weighted by Gasteiger charge is 2.14. The predicted octanol–water partition coefficient (Wildman–Crippen LogP) is 3.06. The third-order valence-corrected chi connectivity index (χ3v) is 5.16. The summed E-state index contributed by atoms with van der Waals surface area (Å²) in [4.78, 5) is 21.7. The molecule has 5 rings (SSSR count). The zero-order valence-electron chi connectivity index (χ0n) is 15.5. The quantitative estimate of drug-likeness (QED) is 0.560. The van der Waals surface area contributed by atoms with Gasteiger partial charge in [0.05, 0.1) is 18.3 Å². The van der Waals surface area contributed by atoms with E-state index < -0.39 is 0 Å². The van der Waals surface area contributed by atoms with Gasteiger partial charge in [0, 0.05) is 60.9 Å². The molecule has 0 amide bonds. The fourth-order valence-corrected chi connectivity index (χ4v) is 3.63. The highest BCUT2D eigenvalue weighted by atomic mass is 16.1. The lowest BCUT2D eigenvalue weighted by Crippen LogP contribution is -2.06. The molecule has 1 aliphatic rings. The van der Waals surface area contributed by atoms with E-state index in [9.17, 15) is 4.79 Å². The number of carbonyl (C=O) groups is 1. The molecule has 138 valence electrons. The summed E-state index contributed by atoms with van der Waals surface area (Å²) in [5, 5.41) is 9.48. The van der Waals surface area contributed by atoms with Crippen molar-refractivity contribution in [2.45, 2.75) is 19.5 Å². The molecule has 0 saturated carbocycles. The number of aromatic nitrogens is 4. The summed E-state index contributed by atoms with van der Waals surface area (Å²) >= 11 is 0. The van der Waals surface area contributed by atoms with Gasteiger partial charge in [-0.2, -0.15) is 5.10 Å². The van der Waals surface area contributed by atoms with Crippen LogP contribution in [0.4, 0.5) is 0 Å². The summed E-state index contributed by atoms with van der Waals surface area (Å²) in [7, 11) is 1.88. The Morgan fingerprint density at radius 1 is 1.04 bits per heavy atom. The summed E-state index contributed by atoms with van der Waals surface area (Å²) < 4.78 is 1.75. The van der Waals surface area contributed by atoms with Crippen LogP contribution in [-0.2, 0) is 26.6 Å². The molecule has 1 aromatic carbocycles. The lowest BCUT2D eigenvalue weighted by molar-refractivity contribution is 0.0992. The zero-order valence-corrected chi connectivity index (χ0v) is 15.5. The van der Waals surface area contributed by atoms with E-state index in [1.54, 1.807) is 17.1 Å². The number of aryl methyl sites for hydroxylation is 1. The molecule has 6 nitrogen and oxygen atoms in total. The van der Waals surface area contributed by atoms with Crippen LogP contribution in [0.1, 0.15) is 27.2 Å². The minimum absolute atomic E-state index is 0.0862. The molecule has 1 N–H and O–H groups in total. The molecule has 3 aromatic heterocycles. The van der Waals surface area contributed by atoms with E-state index in [0.717, 1.165) is 46.4 Å². The Morgan fingerprint density at radius 3 is 2.75 bits per heavy atom. The first-order valence-corrected chi connectivity index (χ1v) is 9.25. The average molecular weight is 369 g/mol. The van der Waals surface area contributed by atoms with Gasteiger partial charge in [-0.1, -0.05) is 12.1 Å². The number of hydrogen-bond acceptors (Lipinski definition) is 5. The molecular weight excluding hydrogens is 350 g/mol. The van der Waals surface area contributed by atoms with E-state index in [1.807, 2.05) is 49.8 Å². The molecule has 0 unspecified atom stereocenters. The first-order chi connectivity index (χ1) is 13.7. The topological polar surface area (TPSA) is 72.7 Å². The smallest absolute Gasteiger partial charge is 0.168 e. The van der Waals surface area contributed by atoms with Crippen molar-refractivity contribution in [3.63, 3.8) is 0 Å². The van der Waals surface area contributed by atoms with Gasteiger partial charge in [0.2, 0.25) is 0 Å². The largest absolute Gasteiger partial charge is 0.309 e. The van der Waals surface area contributed by atoms with Gasteiger partial charge in [0.15, 0.2) is 5.78 Å². The van der Waals surface area contributed by atoms with Crippen molar-refractivity contribution in [2.75, 3.05) is 0 Å². The molecule has 4 heterocycles. The number of pyridine rings is 2. The summed E-state index contributed by atoms with van der Waals surface area (Å²) in [5.41, 5.74) is 5.82. The molecule has 6 heteroatoms. The SMILES string of the molecule is Cn1cc(-c2cc3cc(CC(=O)c4ccc5c(c4)CNC5)ncc3cn2)cn1. The predicted molar refractivity (Wildman–Crippen MR) is 107 cm³/mol. The normalized spacial score (nSPS) is 13.0. The monoisotopic (exact) mass is 369 g/mol. The molecule has 4 aromatic rings. The Balaban J connectivity index is 1.43. The van der Waals surface area contributed by atoms with Crippen LogP contribution in [0.3, 0.4) is 0 Å². The first kappa shape index (κ1) is 16.8. The lowest BCUT2D eigenvalue weighted by Gasteiger charge is -2.06. The molecule has 0 fully saturated rings. The summed E-state index contributed by atoms with van der Waals surface area (Å²) in [6.45, 7) is 1.71. The second-order valence-corrected chi connectivity index (χ2v) is 7.18. The number of benzene rings is 1. The molecular formula is C22H19N5O. The van der Waals surface area contributed by atoms with Crippen LogP contribution in [0.2, 0.25) is 0 Å². The molecule has 0 spiro atoms. The van der Waals surface area contributed by atoms with Crippen LogP contribution in [0.25, 0.3) is 22.0 Å². The fourth-order valence-electron chi connectivity index (χ4n) is 3.63. The summed E-state index contributed by atoms with van der Waals surface area (Å²) in [6.07, 6.45) is 7.60. The third kappa shape index (κ3) is 3.08. The van der Waals surface area contributed by atoms with E-state index in [1.165, 1.54) is 11.1 Å². The van der Waals surface area contributed by atoms with Crippen molar-refractivity contribution >= 4 is 16.6 Å². The van der Waals surface area contributed by atoms with Crippen molar-refractivity contribution in [3.8, 4) is 11.3 Å². The molecule has 0 aliphatic carbocycles. The van der Waals surface area contributed by atoms with E-state index in [2.05, 4.69) is 20.4 Å². The van der Waals surface area contributed by atoms with E-state index in [4.69, 9.17) is 0 Å². The van der Waals surface area contributed by atoms with Crippen LogP contribution in [0.5, 0.6) is 0 Å². The Hall–Kier alpha value is -3.38. The Bertz CT molecular complexity index is 1210. The molecule has 0 atom stereocenters. The van der Waals surface area contributed by atoms with Crippen LogP contribution >= 0.6 is 0 Å². The molecule has 0 bridgehead atoms. The number of carbonyl (C=O) groups excluding carboxylic acids is 1. The van der Waals surface area contributed by atoms with Gasteiger partial charge in [-0.05, 0) is 34.7 Å². The number of fused-ring (bicyclic) bond motifs is 2. The van der Waals surface area contributed by atoms with Gasteiger partial charge in [-0.25, -0.2) is 0 Å². The van der Waals surface area contributed by atoms with E-state index >= 15 is 0 Å². The van der Waals surface area contributed by atoms with Gasteiger partial charge >= 0.3 is 0 Å². The molecule has 28 heavy (non-hydrogen) atoms. The number of nitrogens with one attached hydrogen (secondary N) is 1. The summed E-state index contributed by atoms with van der Waals surface area (Å²) in [6, 6.07) is 9.96. The van der Waals surface area contributed by atoms with Crippen LogP contribution in [0.15, 0.2) is 55.1 Å². The van der Waals surface area contributed by atoms with Crippen molar-refractivity contribution in [1.29, 1.82) is 0 Å². The van der Waals surface area contributed by atoms with Crippen molar-refractivity contribution in [3.05, 3.63) is 77.5 Å². The standard InChI is InChI=1S/C22H19N5O/c1-27-13-19(12-26-27)21-6-16-5-20(24-10-18(16)11-25-21)7-22(28)14-2-3-15-8-23-9-17(15)4-14/h2-6,10-13,23H,7-9H2,1H3. The maximum Gasteiger partial charge on any atom is 0.168 e. The number of Topliss-reactive ketones (excluding diaryl/α,β-unsaturated/α-hetero) is 1. The van der Waals surface area contributed by atoms with Gasteiger partial charge in [-0.15, -0.1) is 0 Å². The highest BCUT2D eigenvalue weighted by Crippen LogP contribution is 2.23. The second-order valence-electron chi connectivity index (χ2n) is 7.18. The van der Waals surface area contributed by atoms with Crippen LogP contribution in [0, 0.1) is 0 Å². The van der Waals surface area contributed by atoms with E-state index in [0.29, 0.717) is 0 Å². The molecule has 0 radical (unpaired) electrons. The number of ketones is 1. The van der Waals surface area contributed by atoms with Crippen molar-refractivity contribution < 1.29 is 4.79 Å². The summed E-state index contributed by atoms with van der Waals surface area (Å²) in [5.74, 6) is 0.0862. The Kier molecular flexibility index (Phi) is 3.98. The lowest BCUT2D eigenvalue weighted by atomic mass is 10.0. The number of hydrogen-bond donors (Lipinski definition) is 1. The van der Waals surface area contributed by atoms with Crippen molar-refractivity contribution in [1.82, 2.24) is 25.1 Å². The van der Waals surface area contributed by atoms with Crippen molar-refractivity contribution in [2.24, 2.45) is 7.05 Å². The van der Waals surface area contributed by atoms with Crippen LogP contribution in [-0.4, -0.2) is 25.5 Å². The van der Waals surface area contributed by atoms with Gasteiger partial charge in [0.1, 0.15) is 0 Å².